The molecule has 1 aliphatic carbocycles. The van der Waals surface area contributed by atoms with Crippen molar-refractivity contribution in [3.63, 3.8) is 0 Å². The Morgan fingerprint density at radius 2 is 1.77 bits per heavy atom. The summed E-state index contributed by atoms with van der Waals surface area (Å²) in [6.45, 7) is 0. The molecule has 3 nitrogen and oxygen atoms in total. The number of nitrogens with zero attached hydrogens (tertiary/aromatic N) is 2. The molecule has 1 N–H and O–H groups in total. The molecule has 110 valence electrons. The number of aromatic nitrogens is 1. The van der Waals surface area contributed by atoms with Gasteiger partial charge in [-0.05, 0) is 43.4 Å². The van der Waals surface area contributed by atoms with Crippen LogP contribution in [0.3, 0.4) is 0 Å². The molecule has 0 amide bonds. The largest absolute Gasteiger partial charge is 0.252 e. The van der Waals surface area contributed by atoms with E-state index in [1.165, 1.54) is 28.7 Å². The van der Waals surface area contributed by atoms with Crippen molar-refractivity contribution in [2.45, 2.75) is 25.7 Å². The monoisotopic (exact) mass is 307 g/mol. The molecule has 4 rings (SSSR count). The molecule has 2 aromatic carbocycles. The molecule has 1 heterocycles. The van der Waals surface area contributed by atoms with Gasteiger partial charge in [0.15, 0.2) is 0 Å². The lowest BCUT2D eigenvalue weighted by Gasteiger charge is -2.07. The standard InChI is InChI=1S/C18H17N3S/c1-3-9-14-13(7-1)8-2-4-10-15(14)20-21-18-19-16-11-5-6-12-17(16)22-18/h1,3,5-7,9,11-12H,2,4,8,10H2,(H,19,21). The maximum absolute atomic E-state index is 4.66. The van der Waals surface area contributed by atoms with Gasteiger partial charge < -0.3 is 0 Å². The maximum Gasteiger partial charge on any atom is 0.204 e. The molecule has 0 fully saturated rings. The summed E-state index contributed by atoms with van der Waals surface area (Å²) < 4.78 is 1.19. The summed E-state index contributed by atoms with van der Waals surface area (Å²) in [5.74, 6) is 0. The van der Waals surface area contributed by atoms with E-state index >= 15 is 0 Å². The zero-order chi connectivity index (χ0) is 14.8. The number of aryl methyl sites for hydroxylation is 1. The van der Waals surface area contributed by atoms with E-state index in [-0.39, 0.29) is 0 Å². The predicted molar refractivity (Wildman–Crippen MR) is 93.8 cm³/mol. The second kappa shape index (κ2) is 5.89. The van der Waals surface area contributed by atoms with E-state index in [4.69, 9.17) is 0 Å². The molecule has 22 heavy (non-hydrogen) atoms. The van der Waals surface area contributed by atoms with Crippen molar-refractivity contribution in [2.24, 2.45) is 5.10 Å². The number of benzene rings is 2. The van der Waals surface area contributed by atoms with Crippen molar-refractivity contribution in [3.05, 3.63) is 59.7 Å². The second-order valence-corrected chi connectivity index (χ2v) is 6.55. The van der Waals surface area contributed by atoms with Crippen LogP contribution in [-0.4, -0.2) is 10.7 Å². The molecule has 1 aliphatic rings. The summed E-state index contributed by atoms with van der Waals surface area (Å²) in [5.41, 5.74) is 8.03. The topological polar surface area (TPSA) is 37.3 Å². The highest BCUT2D eigenvalue weighted by molar-refractivity contribution is 7.22. The number of fused-ring (bicyclic) bond motifs is 2. The van der Waals surface area contributed by atoms with Crippen LogP contribution in [0.4, 0.5) is 5.13 Å². The van der Waals surface area contributed by atoms with Crippen LogP contribution in [0.5, 0.6) is 0 Å². The first-order chi connectivity index (χ1) is 10.9. The minimum Gasteiger partial charge on any atom is -0.252 e. The molecule has 3 aromatic rings. The number of nitrogens with one attached hydrogen (secondary N) is 1. The molecule has 0 spiro atoms. The van der Waals surface area contributed by atoms with Crippen LogP contribution < -0.4 is 5.43 Å². The van der Waals surface area contributed by atoms with E-state index in [1.54, 1.807) is 11.3 Å². The van der Waals surface area contributed by atoms with Crippen molar-refractivity contribution in [3.8, 4) is 0 Å². The molecule has 0 unspecified atom stereocenters. The first-order valence-corrected chi connectivity index (χ1v) is 8.48. The van der Waals surface area contributed by atoms with Crippen LogP contribution in [0.1, 0.15) is 30.4 Å². The molecule has 0 saturated heterocycles. The Kier molecular flexibility index (Phi) is 3.60. The number of para-hydroxylation sites is 1. The fourth-order valence-electron chi connectivity index (χ4n) is 2.91. The van der Waals surface area contributed by atoms with Crippen LogP contribution in [0.25, 0.3) is 10.2 Å². The Morgan fingerprint density at radius 3 is 2.73 bits per heavy atom. The second-order valence-electron chi connectivity index (χ2n) is 5.52. The first-order valence-electron chi connectivity index (χ1n) is 7.66. The van der Waals surface area contributed by atoms with Gasteiger partial charge in [-0.1, -0.05) is 47.7 Å². The minimum absolute atomic E-state index is 0.857. The van der Waals surface area contributed by atoms with Crippen LogP contribution >= 0.6 is 11.3 Å². The summed E-state index contributed by atoms with van der Waals surface area (Å²) in [6.07, 6.45) is 4.59. The fourth-order valence-corrected chi connectivity index (χ4v) is 3.72. The van der Waals surface area contributed by atoms with E-state index in [0.717, 1.165) is 29.2 Å². The van der Waals surface area contributed by atoms with Gasteiger partial charge in [-0.15, -0.1) is 0 Å². The highest BCUT2D eigenvalue weighted by atomic mass is 32.1. The Balaban J connectivity index is 1.64. The van der Waals surface area contributed by atoms with Gasteiger partial charge in [0.2, 0.25) is 5.13 Å². The minimum atomic E-state index is 0.857. The van der Waals surface area contributed by atoms with Gasteiger partial charge in [-0.3, -0.25) is 5.43 Å². The number of hydrogen-bond acceptors (Lipinski definition) is 4. The number of anilines is 1. The van der Waals surface area contributed by atoms with Crippen molar-refractivity contribution >= 4 is 32.4 Å². The average Bonchev–Trinajstić information content (AvgIpc) is 2.86. The number of thiazole rings is 1. The molecular weight excluding hydrogens is 290 g/mol. The Morgan fingerprint density at radius 1 is 0.955 bits per heavy atom. The van der Waals surface area contributed by atoms with E-state index in [0.29, 0.717) is 0 Å². The van der Waals surface area contributed by atoms with E-state index in [2.05, 4.69) is 45.8 Å². The summed E-state index contributed by atoms with van der Waals surface area (Å²) in [7, 11) is 0. The molecule has 0 aliphatic heterocycles. The summed E-state index contributed by atoms with van der Waals surface area (Å²) in [6, 6.07) is 16.8. The Bertz CT molecular complexity index is 802. The number of hydrazone groups is 1. The SMILES string of the molecule is c1ccc2c(c1)CCCCC2=NNc1nc2ccccc2s1. The van der Waals surface area contributed by atoms with Gasteiger partial charge in [0.05, 0.1) is 15.9 Å². The van der Waals surface area contributed by atoms with Crippen molar-refractivity contribution in [1.29, 1.82) is 0 Å². The molecular formula is C18H17N3S. The third-order valence-corrected chi connectivity index (χ3v) is 4.96. The summed E-state index contributed by atoms with van der Waals surface area (Å²) in [5, 5.41) is 5.52. The summed E-state index contributed by atoms with van der Waals surface area (Å²) in [4.78, 5) is 4.58. The van der Waals surface area contributed by atoms with E-state index < -0.39 is 0 Å². The molecule has 1 aromatic heterocycles. The smallest absolute Gasteiger partial charge is 0.204 e. The highest BCUT2D eigenvalue weighted by Crippen LogP contribution is 2.26. The lowest BCUT2D eigenvalue weighted by Crippen LogP contribution is -2.05. The van der Waals surface area contributed by atoms with Gasteiger partial charge in [0.1, 0.15) is 0 Å². The molecule has 0 atom stereocenters. The van der Waals surface area contributed by atoms with Gasteiger partial charge in [-0.2, -0.15) is 5.10 Å². The Labute approximate surface area is 133 Å². The number of hydrogen-bond donors (Lipinski definition) is 1. The van der Waals surface area contributed by atoms with Gasteiger partial charge in [0.25, 0.3) is 0 Å². The fraction of sp³-hybridized carbons (Fsp3) is 0.222. The van der Waals surface area contributed by atoms with Crippen LogP contribution in [0.2, 0.25) is 0 Å². The van der Waals surface area contributed by atoms with Crippen LogP contribution in [-0.2, 0) is 6.42 Å². The number of rotatable bonds is 2. The lowest BCUT2D eigenvalue weighted by atomic mass is 10.0. The summed E-state index contributed by atoms with van der Waals surface area (Å²) >= 11 is 1.64. The third kappa shape index (κ3) is 2.62. The zero-order valence-corrected chi connectivity index (χ0v) is 13.1. The normalized spacial score (nSPS) is 16.5. The quantitative estimate of drug-likeness (QED) is 0.543. The zero-order valence-electron chi connectivity index (χ0n) is 12.2. The van der Waals surface area contributed by atoms with Gasteiger partial charge in [0, 0.05) is 5.56 Å². The maximum atomic E-state index is 4.66. The van der Waals surface area contributed by atoms with E-state index in [9.17, 15) is 0 Å². The predicted octanol–water partition coefficient (Wildman–Crippen LogP) is 4.84. The van der Waals surface area contributed by atoms with Gasteiger partial charge in [-0.25, -0.2) is 4.98 Å². The first kappa shape index (κ1) is 13.5. The molecule has 0 bridgehead atoms. The molecule has 0 saturated carbocycles. The third-order valence-electron chi connectivity index (χ3n) is 4.02. The van der Waals surface area contributed by atoms with Crippen LogP contribution in [0.15, 0.2) is 53.6 Å². The average molecular weight is 307 g/mol. The Hall–Kier alpha value is -2.20. The van der Waals surface area contributed by atoms with Gasteiger partial charge >= 0.3 is 0 Å². The van der Waals surface area contributed by atoms with Crippen molar-refractivity contribution in [1.82, 2.24) is 4.98 Å². The lowest BCUT2D eigenvalue weighted by molar-refractivity contribution is 0.776. The highest BCUT2D eigenvalue weighted by Gasteiger charge is 2.13. The van der Waals surface area contributed by atoms with Crippen molar-refractivity contribution in [2.75, 3.05) is 5.43 Å². The van der Waals surface area contributed by atoms with Crippen molar-refractivity contribution < 1.29 is 0 Å². The molecule has 0 radical (unpaired) electrons. The van der Waals surface area contributed by atoms with Crippen LogP contribution in [0, 0.1) is 0 Å². The molecule has 4 heteroatoms. The van der Waals surface area contributed by atoms with E-state index in [1.807, 2.05) is 18.2 Å².